The van der Waals surface area contributed by atoms with Crippen LogP contribution in [0.2, 0.25) is 5.02 Å². The second-order valence-electron chi connectivity index (χ2n) is 3.64. The summed E-state index contributed by atoms with van der Waals surface area (Å²) < 4.78 is 0. The molecule has 0 spiro atoms. The summed E-state index contributed by atoms with van der Waals surface area (Å²) in [7, 11) is 0. The van der Waals surface area contributed by atoms with Crippen molar-refractivity contribution in [3.63, 3.8) is 0 Å². The molecule has 0 amide bonds. The first-order valence-corrected chi connectivity index (χ1v) is 6.24. The number of aliphatic hydroxyl groups excluding tert-OH is 1. The van der Waals surface area contributed by atoms with E-state index in [0.717, 1.165) is 16.0 Å². The number of halogens is 1. The molecule has 0 aliphatic carbocycles. The normalized spacial score (nSPS) is 12.7. The minimum atomic E-state index is -0.515. The maximum atomic E-state index is 10.1. The van der Waals surface area contributed by atoms with Crippen LogP contribution in [0.3, 0.4) is 0 Å². The van der Waals surface area contributed by atoms with Crippen molar-refractivity contribution in [2.75, 3.05) is 0 Å². The number of thiazole rings is 1. The first kappa shape index (κ1) is 11.6. The fourth-order valence-electron chi connectivity index (χ4n) is 1.63. The van der Waals surface area contributed by atoms with E-state index in [4.69, 9.17) is 11.6 Å². The summed E-state index contributed by atoms with van der Waals surface area (Å²) in [6.45, 7) is 1.92. The van der Waals surface area contributed by atoms with Gasteiger partial charge in [-0.15, -0.1) is 11.3 Å². The van der Waals surface area contributed by atoms with Crippen LogP contribution in [0.5, 0.6) is 0 Å². The highest BCUT2D eigenvalue weighted by Gasteiger charge is 2.13. The fraction of sp³-hybridized carbons (Fsp3) is 0.250. The Labute approximate surface area is 104 Å². The first-order valence-electron chi connectivity index (χ1n) is 4.99. The van der Waals surface area contributed by atoms with E-state index in [2.05, 4.69) is 4.98 Å². The molecule has 16 heavy (non-hydrogen) atoms. The van der Waals surface area contributed by atoms with Crippen LogP contribution in [0.25, 0.3) is 0 Å². The highest BCUT2D eigenvalue weighted by atomic mass is 35.5. The smallest absolute Gasteiger partial charge is 0.0841 e. The molecule has 1 aromatic heterocycles. The molecule has 1 N–H and O–H groups in total. The van der Waals surface area contributed by atoms with Gasteiger partial charge in [0, 0.05) is 22.5 Å². The molecule has 1 heterocycles. The minimum absolute atomic E-state index is 0.515. The van der Waals surface area contributed by atoms with Gasteiger partial charge >= 0.3 is 0 Å². The summed E-state index contributed by atoms with van der Waals surface area (Å²) in [4.78, 5) is 5.07. The molecule has 2 nitrogen and oxygen atoms in total. The van der Waals surface area contributed by atoms with Gasteiger partial charge in [0.25, 0.3) is 0 Å². The molecule has 0 fully saturated rings. The Kier molecular flexibility index (Phi) is 3.59. The van der Waals surface area contributed by atoms with E-state index in [9.17, 15) is 5.11 Å². The van der Waals surface area contributed by atoms with Gasteiger partial charge in [0.15, 0.2) is 0 Å². The van der Waals surface area contributed by atoms with Gasteiger partial charge in [0.1, 0.15) is 0 Å². The van der Waals surface area contributed by atoms with Gasteiger partial charge in [-0.3, -0.25) is 4.98 Å². The van der Waals surface area contributed by atoms with Crippen LogP contribution in [-0.2, 0) is 6.42 Å². The van der Waals surface area contributed by atoms with Crippen LogP contribution < -0.4 is 0 Å². The van der Waals surface area contributed by atoms with Crippen molar-refractivity contribution in [2.24, 2.45) is 0 Å². The fourth-order valence-corrected chi connectivity index (χ4v) is 2.44. The van der Waals surface area contributed by atoms with Gasteiger partial charge in [-0.05, 0) is 24.1 Å². The molecule has 1 atom stereocenters. The molecule has 0 saturated heterocycles. The van der Waals surface area contributed by atoms with E-state index >= 15 is 0 Å². The standard InChI is InChI=1S/C12H12ClNOS/c1-8-10(3-2-4-11(8)13)12(15)5-9-6-14-7-16-9/h2-4,6-7,12,15H,5H2,1H3. The second-order valence-corrected chi connectivity index (χ2v) is 5.02. The zero-order valence-corrected chi connectivity index (χ0v) is 10.4. The SMILES string of the molecule is Cc1c(Cl)cccc1C(O)Cc1cncs1. The maximum Gasteiger partial charge on any atom is 0.0841 e. The molecule has 2 rings (SSSR count). The second kappa shape index (κ2) is 4.95. The van der Waals surface area contributed by atoms with Crippen molar-refractivity contribution in [2.45, 2.75) is 19.4 Å². The Morgan fingerprint density at radius 3 is 3.00 bits per heavy atom. The zero-order chi connectivity index (χ0) is 11.5. The van der Waals surface area contributed by atoms with Crippen molar-refractivity contribution in [3.05, 3.63) is 50.9 Å². The lowest BCUT2D eigenvalue weighted by molar-refractivity contribution is 0.178. The molecule has 0 saturated carbocycles. The summed E-state index contributed by atoms with van der Waals surface area (Å²) in [6, 6.07) is 5.60. The zero-order valence-electron chi connectivity index (χ0n) is 8.85. The average Bonchev–Trinajstić information content (AvgIpc) is 2.74. The highest BCUT2D eigenvalue weighted by Crippen LogP contribution is 2.27. The van der Waals surface area contributed by atoms with E-state index < -0.39 is 6.10 Å². The van der Waals surface area contributed by atoms with Crippen LogP contribution in [0.1, 0.15) is 22.1 Å². The predicted octanol–water partition coefficient (Wildman–Crippen LogP) is 3.38. The molecule has 0 aliphatic heterocycles. The molecular weight excluding hydrogens is 242 g/mol. The Bertz CT molecular complexity index is 470. The topological polar surface area (TPSA) is 33.1 Å². The lowest BCUT2D eigenvalue weighted by atomic mass is 10.0. The minimum Gasteiger partial charge on any atom is -0.388 e. The summed E-state index contributed by atoms with van der Waals surface area (Å²) in [5.74, 6) is 0. The summed E-state index contributed by atoms with van der Waals surface area (Å²) in [6.07, 6.45) is 1.86. The summed E-state index contributed by atoms with van der Waals surface area (Å²) in [5, 5.41) is 10.8. The summed E-state index contributed by atoms with van der Waals surface area (Å²) >= 11 is 7.57. The van der Waals surface area contributed by atoms with E-state index in [0.29, 0.717) is 11.4 Å². The van der Waals surface area contributed by atoms with E-state index in [-0.39, 0.29) is 0 Å². The Balaban J connectivity index is 2.21. The number of benzene rings is 1. The third-order valence-corrected chi connectivity index (χ3v) is 3.76. The molecule has 2 aromatic rings. The van der Waals surface area contributed by atoms with Crippen molar-refractivity contribution >= 4 is 22.9 Å². The number of rotatable bonds is 3. The van der Waals surface area contributed by atoms with Crippen molar-refractivity contribution in [3.8, 4) is 0 Å². The molecule has 0 bridgehead atoms. The molecule has 0 aliphatic rings. The third kappa shape index (κ3) is 2.43. The summed E-state index contributed by atoms with van der Waals surface area (Å²) in [5.41, 5.74) is 3.61. The Morgan fingerprint density at radius 1 is 1.50 bits per heavy atom. The predicted molar refractivity (Wildman–Crippen MR) is 67.0 cm³/mol. The highest BCUT2D eigenvalue weighted by molar-refractivity contribution is 7.09. The van der Waals surface area contributed by atoms with E-state index in [1.807, 2.05) is 25.1 Å². The molecule has 0 radical (unpaired) electrons. The molecule has 1 aromatic carbocycles. The molecule has 4 heteroatoms. The average molecular weight is 254 g/mol. The molecule has 84 valence electrons. The van der Waals surface area contributed by atoms with Crippen molar-refractivity contribution in [1.29, 1.82) is 0 Å². The lowest BCUT2D eigenvalue weighted by Crippen LogP contribution is -2.03. The lowest BCUT2D eigenvalue weighted by Gasteiger charge is -2.13. The Hall–Kier alpha value is -0.900. The van der Waals surface area contributed by atoms with Gasteiger partial charge in [-0.1, -0.05) is 23.7 Å². The number of hydrogen-bond acceptors (Lipinski definition) is 3. The van der Waals surface area contributed by atoms with Crippen molar-refractivity contribution < 1.29 is 5.11 Å². The number of hydrogen-bond donors (Lipinski definition) is 1. The van der Waals surface area contributed by atoms with Gasteiger partial charge in [-0.25, -0.2) is 0 Å². The Morgan fingerprint density at radius 2 is 2.31 bits per heavy atom. The van der Waals surface area contributed by atoms with Gasteiger partial charge in [0.2, 0.25) is 0 Å². The third-order valence-electron chi connectivity index (χ3n) is 2.55. The van der Waals surface area contributed by atoms with Crippen LogP contribution in [-0.4, -0.2) is 10.1 Å². The van der Waals surface area contributed by atoms with Crippen LogP contribution in [0.4, 0.5) is 0 Å². The van der Waals surface area contributed by atoms with Crippen LogP contribution >= 0.6 is 22.9 Å². The number of nitrogens with zero attached hydrogens (tertiary/aromatic N) is 1. The maximum absolute atomic E-state index is 10.1. The largest absolute Gasteiger partial charge is 0.388 e. The number of aromatic nitrogens is 1. The molecule has 1 unspecified atom stereocenters. The number of aliphatic hydroxyl groups is 1. The van der Waals surface area contributed by atoms with Gasteiger partial charge in [0.05, 0.1) is 11.6 Å². The van der Waals surface area contributed by atoms with Crippen LogP contribution in [0.15, 0.2) is 29.9 Å². The van der Waals surface area contributed by atoms with Gasteiger partial charge in [-0.2, -0.15) is 0 Å². The quantitative estimate of drug-likeness (QED) is 0.910. The first-order chi connectivity index (χ1) is 7.68. The van der Waals surface area contributed by atoms with E-state index in [1.54, 1.807) is 23.0 Å². The van der Waals surface area contributed by atoms with Crippen LogP contribution in [0, 0.1) is 6.92 Å². The monoisotopic (exact) mass is 253 g/mol. The molecular formula is C12H12ClNOS. The van der Waals surface area contributed by atoms with E-state index in [1.165, 1.54) is 0 Å². The van der Waals surface area contributed by atoms with Gasteiger partial charge < -0.3 is 5.11 Å². The van der Waals surface area contributed by atoms with Crippen molar-refractivity contribution in [1.82, 2.24) is 4.98 Å².